The van der Waals surface area contributed by atoms with Crippen molar-refractivity contribution in [3.8, 4) is 11.6 Å². The van der Waals surface area contributed by atoms with Gasteiger partial charge in [-0.3, -0.25) is 9.59 Å². The number of furan rings is 1. The van der Waals surface area contributed by atoms with E-state index in [9.17, 15) is 9.59 Å². The molecule has 33 heavy (non-hydrogen) atoms. The summed E-state index contributed by atoms with van der Waals surface area (Å²) >= 11 is 2.83. The Morgan fingerprint density at radius 1 is 1.12 bits per heavy atom. The van der Waals surface area contributed by atoms with Crippen LogP contribution in [0, 0.1) is 0 Å². The van der Waals surface area contributed by atoms with Gasteiger partial charge < -0.3 is 14.3 Å². The predicted octanol–water partition coefficient (Wildman–Crippen LogP) is 4.98. The second kappa shape index (κ2) is 9.36. The minimum Gasteiger partial charge on any atom is -0.461 e. The molecule has 0 atom stereocenters. The molecule has 0 bridgehead atoms. The minimum atomic E-state index is -0.178. The number of thiophene rings is 1. The van der Waals surface area contributed by atoms with E-state index in [4.69, 9.17) is 4.42 Å². The van der Waals surface area contributed by atoms with Crippen LogP contribution in [0.3, 0.4) is 0 Å². The normalized spacial score (nSPS) is 13.0. The summed E-state index contributed by atoms with van der Waals surface area (Å²) in [4.78, 5) is 27.4. The lowest BCUT2D eigenvalue weighted by Crippen LogP contribution is -2.16. The zero-order valence-electron chi connectivity index (χ0n) is 18.0. The van der Waals surface area contributed by atoms with Crippen molar-refractivity contribution in [2.75, 3.05) is 11.1 Å². The Morgan fingerprint density at radius 2 is 1.94 bits per heavy atom. The number of carbonyl (C=O) groups is 2. The third-order valence-corrected chi connectivity index (χ3v) is 7.82. The molecule has 1 aromatic carbocycles. The monoisotopic (exact) mass is 478 g/mol. The highest BCUT2D eigenvalue weighted by Crippen LogP contribution is 2.39. The maximum Gasteiger partial charge on any atom is 0.235 e. The first-order valence-corrected chi connectivity index (χ1v) is 12.5. The van der Waals surface area contributed by atoms with Crippen LogP contribution in [0.1, 0.15) is 39.2 Å². The van der Waals surface area contributed by atoms with Gasteiger partial charge in [-0.05, 0) is 43.4 Å². The molecule has 7 nitrogen and oxygen atoms in total. The Bertz CT molecular complexity index is 1290. The summed E-state index contributed by atoms with van der Waals surface area (Å²) in [5.41, 5.74) is 2.38. The summed E-state index contributed by atoms with van der Waals surface area (Å²) in [7, 11) is 1.84. The van der Waals surface area contributed by atoms with Crippen LogP contribution in [-0.2, 0) is 24.7 Å². The van der Waals surface area contributed by atoms with Crippen molar-refractivity contribution in [2.45, 2.75) is 30.8 Å². The average Bonchev–Trinajstić information content (AvgIpc) is 3.56. The number of hydrogen-bond acceptors (Lipinski definition) is 7. The lowest BCUT2D eigenvalue weighted by Gasteiger charge is -2.12. The minimum absolute atomic E-state index is 0.0330. The third-order valence-electron chi connectivity index (χ3n) is 5.60. The predicted molar refractivity (Wildman–Crippen MR) is 129 cm³/mol. The second-order valence-corrected chi connectivity index (χ2v) is 9.84. The highest BCUT2D eigenvalue weighted by atomic mass is 32.2. The molecule has 3 heterocycles. The molecule has 0 unspecified atom stereocenters. The number of rotatable bonds is 7. The van der Waals surface area contributed by atoms with E-state index in [-0.39, 0.29) is 17.4 Å². The van der Waals surface area contributed by atoms with Gasteiger partial charge in [0.05, 0.1) is 17.6 Å². The molecule has 1 amide bonds. The van der Waals surface area contributed by atoms with E-state index in [0.29, 0.717) is 32.9 Å². The number of carbonyl (C=O) groups excluding carboxylic acids is 2. The zero-order valence-corrected chi connectivity index (χ0v) is 19.7. The summed E-state index contributed by atoms with van der Waals surface area (Å²) in [5.74, 6) is 1.17. The third kappa shape index (κ3) is 4.38. The van der Waals surface area contributed by atoms with Crippen LogP contribution in [0.2, 0.25) is 0 Å². The zero-order chi connectivity index (χ0) is 22.8. The molecule has 0 aliphatic heterocycles. The molecule has 3 aromatic heterocycles. The lowest BCUT2D eigenvalue weighted by atomic mass is 9.92. The standard InChI is InChI=1S/C24H22N4O3S2/c1-28-22(17-11-7-13-31-17)26-27-24(28)32-14-19(29)25-23-20(16-10-5-6-12-18(16)33-23)21(30)15-8-3-2-4-9-15/h2-4,7-9,11,13H,5-6,10,12,14H2,1H3,(H,25,29). The topological polar surface area (TPSA) is 90.0 Å². The molecule has 1 N–H and O–H groups in total. The number of fused-ring (bicyclic) bond motifs is 1. The first-order valence-electron chi connectivity index (χ1n) is 10.7. The maximum absolute atomic E-state index is 13.3. The van der Waals surface area contributed by atoms with Crippen molar-refractivity contribution < 1.29 is 14.0 Å². The molecule has 0 fully saturated rings. The van der Waals surface area contributed by atoms with Crippen LogP contribution in [0.25, 0.3) is 11.6 Å². The van der Waals surface area contributed by atoms with Gasteiger partial charge in [-0.2, -0.15) is 0 Å². The van der Waals surface area contributed by atoms with Crippen molar-refractivity contribution in [1.82, 2.24) is 14.8 Å². The fourth-order valence-electron chi connectivity index (χ4n) is 3.98. The number of hydrogen-bond donors (Lipinski definition) is 1. The van der Waals surface area contributed by atoms with Gasteiger partial charge in [0.1, 0.15) is 5.00 Å². The number of amides is 1. The summed E-state index contributed by atoms with van der Waals surface area (Å²) in [6, 6.07) is 12.9. The Labute approximate surface area is 199 Å². The van der Waals surface area contributed by atoms with E-state index in [1.165, 1.54) is 28.0 Å². The summed E-state index contributed by atoms with van der Waals surface area (Å²) in [5, 5.41) is 12.6. The van der Waals surface area contributed by atoms with E-state index < -0.39 is 0 Å². The first-order chi connectivity index (χ1) is 16.1. The number of benzene rings is 1. The molecule has 0 radical (unpaired) electrons. The molecule has 1 aliphatic rings. The highest BCUT2D eigenvalue weighted by molar-refractivity contribution is 7.99. The Morgan fingerprint density at radius 3 is 2.73 bits per heavy atom. The van der Waals surface area contributed by atoms with Crippen LogP contribution < -0.4 is 5.32 Å². The Balaban J connectivity index is 1.34. The van der Waals surface area contributed by atoms with Gasteiger partial charge in [0.25, 0.3) is 0 Å². The SMILES string of the molecule is Cn1c(SCC(=O)Nc2sc3c(c2C(=O)c2ccccc2)CCCC3)nnc1-c1ccco1. The van der Waals surface area contributed by atoms with Crippen molar-refractivity contribution in [2.24, 2.45) is 7.05 Å². The molecule has 4 aromatic rings. The number of aryl methyl sites for hydroxylation is 1. The molecule has 0 saturated heterocycles. The first kappa shape index (κ1) is 21.7. The number of anilines is 1. The molecule has 168 valence electrons. The van der Waals surface area contributed by atoms with Gasteiger partial charge in [-0.15, -0.1) is 21.5 Å². The van der Waals surface area contributed by atoms with Gasteiger partial charge in [0.15, 0.2) is 22.5 Å². The van der Waals surface area contributed by atoms with Gasteiger partial charge in [0.2, 0.25) is 5.91 Å². The van der Waals surface area contributed by atoms with Gasteiger partial charge in [-0.25, -0.2) is 0 Å². The molecular weight excluding hydrogens is 456 g/mol. The van der Waals surface area contributed by atoms with Crippen molar-refractivity contribution in [1.29, 1.82) is 0 Å². The summed E-state index contributed by atoms with van der Waals surface area (Å²) in [6.07, 6.45) is 5.58. The van der Waals surface area contributed by atoms with E-state index in [2.05, 4.69) is 15.5 Å². The van der Waals surface area contributed by atoms with Gasteiger partial charge >= 0.3 is 0 Å². The van der Waals surface area contributed by atoms with E-state index in [1.54, 1.807) is 16.9 Å². The lowest BCUT2D eigenvalue weighted by molar-refractivity contribution is -0.113. The van der Waals surface area contributed by atoms with Crippen LogP contribution in [0.4, 0.5) is 5.00 Å². The number of ketones is 1. The highest BCUT2D eigenvalue weighted by Gasteiger charge is 2.27. The second-order valence-electron chi connectivity index (χ2n) is 7.79. The number of thioether (sulfide) groups is 1. The fourth-order valence-corrected chi connectivity index (χ4v) is 6.00. The van der Waals surface area contributed by atoms with Crippen LogP contribution >= 0.6 is 23.1 Å². The molecule has 9 heteroatoms. The van der Waals surface area contributed by atoms with E-state index in [1.807, 2.05) is 43.4 Å². The number of aromatic nitrogens is 3. The molecule has 1 aliphatic carbocycles. The molecular formula is C24H22N4O3S2. The van der Waals surface area contributed by atoms with Crippen LogP contribution in [-0.4, -0.2) is 32.2 Å². The van der Waals surface area contributed by atoms with Crippen molar-refractivity contribution >= 4 is 39.8 Å². The van der Waals surface area contributed by atoms with E-state index >= 15 is 0 Å². The van der Waals surface area contributed by atoms with E-state index in [0.717, 1.165) is 31.2 Å². The van der Waals surface area contributed by atoms with Crippen LogP contribution in [0.15, 0.2) is 58.3 Å². The summed E-state index contributed by atoms with van der Waals surface area (Å²) in [6.45, 7) is 0. The van der Waals surface area contributed by atoms with Crippen molar-refractivity contribution in [3.63, 3.8) is 0 Å². The van der Waals surface area contributed by atoms with Crippen molar-refractivity contribution in [3.05, 3.63) is 70.3 Å². The number of nitrogens with zero attached hydrogens (tertiary/aromatic N) is 3. The van der Waals surface area contributed by atoms with Gasteiger partial charge in [0, 0.05) is 17.5 Å². The van der Waals surface area contributed by atoms with Gasteiger partial charge in [-0.1, -0.05) is 42.1 Å². The summed E-state index contributed by atoms with van der Waals surface area (Å²) < 4.78 is 7.18. The maximum atomic E-state index is 13.3. The fraction of sp³-hybridized carbons (Fsp3) is 0.250. The quantitative estimate of drug-likeness (QED) is 0.298. The van der Waals surface area contributed by atoms with Crippen LogP contribution in [0.5, 0.6) is 0 Å². The molecule has 5 rings (SSSR count). The Hall–Kier alpha value is -3.17. The largest absolute Gasteiger partial charge is 0.461 e. The number of nitrogens with one attached hydrogen (secondary N) is 1. The average molecular weight is 479 g/mol. The Kier molecular flexibility index (Phi) is 6.15. The molecule has 0 saturated carbocycles. The molecule has 0 spiro atoms. The smallest absolute Gasteiger partial charge is 0.235 e.